The Morgan fingerprint density at radius 1 is 0.457 bits per heavy atom. The summed E-state index contributed by atoms with van der Waals surface area (Å²) in [5.41, 5.74) is 12.9. The van der Waals surface area contributed by atoms with E-state index in [9.17, 15) is 0 Å². The smallest absolute Gasteiger partial charge is 0.0411 e. The Balaban J connectivity index is 1.26. The minimum absolute atomic E-state index is 0.0124. The molecule has 0 unspecified atom stereocenters. The van der Waals surface area contributed by atoms with Crippen molar-refractivity contribution in [3.05, 3.63) is 132 Å². The minimum atomic E-state index is 0.0124. The van der Waals surface area contributed by atoms with Crippen molar-refractivity contribution in [2.45, 2.75) is 19.3 Å². The molecule has 0 heterocycles. The van der Waals surface area contributed by atoms with Crippen LogP contribution in [0.5, 0.6) is 0 Å². The molecule has 35 heavy (non-hydrogen) atoms. The number of benzene rings is 5. The Kier molecular flexibility index (Phi) is 5.07. The summed E-state index contributed by atoms with van der Waals surface area (Å²) >= 11 is 0. The van der Waals surface area contributed by atoms with Crippen LogP contribution in [0.3, 0.4) is 0 Å². The summed E-state index contributed by atoms with van der Waals surface area (Å²) in [6.45, 7) is 4.67. The molecule has 0 saturated carbocycles. The normalized spacial score (nSPS) is 13.2. The largest absolute Gasteiger partial charge is 0.345 e. The van der Waals surface area contributed by atoms with E-state index < -0.39 is 0 Å². The fourth-order valence-corrected chi connectivity index (χ4v) is 5.41. The molecule has 0 saturated heterocycles. The van der Waals surface area contributed by atoms with Crippen molar-refractivity contribution in [3.8, 4) is 33.4 Å². The van der Waals surface area contributed by atoms with Crippen molar-refractivity contribution in [2.24, 2.45) is 0 Å². The van der Waals surface area contributed by atoms with E-state index in [1.54, 1.807) is 0 Å². The average Bonchev–Trinajstić information content (AvgIpc) is 3.15. The molecule has 5 aromatic rings. The second-order valence-corrected chi connectivity index (χ2v) is 9.95. The second kappa shape index (κ2) is 8.29. The third-order valence-electron chi connectivity index (χ3n) is 7.53. The van der Waals surface area contributed by atoms with Gasteiger partial charge in [-0.1, -0.05) is 111 Å². The molecule has 1 nitrogen and oxygen atoms in total. The van der Waals surface area contributed by atoms with Gasteiger partial charge in [0.25, 0.3) is 0 Å². The molecule has 0 aliphatic heterocycles. The molecular weight excluding hydrogens is 422 g/mol. The van der Waals surface area contributed by atoms with E-state index in [4.69, 9.17) is 0 Å². The maximum absolute atomic E-state index is 2.37. The first kappa shape index (κ1) is 21.4. The predicted octanol–water partition coefficient (Wildman–Crippen LogP) is 9.09. The first-order valence-corrected chi connectivity index (χ1v) is 12.3. The standard InChI is InChI=1S/C34H29N/c1-34(2)32-12-8-7-11-30(32)31-22-21-29(23-33(31)34)35(3)28-19-17-27(18-20-28)26-15-13-25(14-16-26)24-9-5-4-6-10-24/h4-23H,1-3H3. The molecule has 0 amide bonds. The van der Waals surface area contributed by atoms with E-state index in [-0.39, 0.29) is 5.41 Å². The van der Waals surface area contributed by atoms with Crippen LogP contribution >= 0.6 is 0 Å². The van der Waals surface area contributed by atoms with Crippen LogP contribution in [0.15, 0.2) is 121 Å². The highest BCUT2D eigenvalue weighted by molar-refractivity contribution is 5.83. The van der Waals surface area contributed by atoms with Gasteiger partial charge in [-0.15, -0.1) is 0 Å². The lowest BCUT2D eigenvalue weighted by Crippen LogP contribution is -2.16. The Morgan fingerprint density at radius 2 is 0.943 bits per heavy atom. The molecule has 1 aliphatic carbocycles. The van der Waals surface area contributed by atoms with Crippen molar-refractivity contribution >= 4 is 11.4 Å². The van der Waals surface area contributed by atoms with E-state index in [2.05, 4.69) is 147 Å². The Bertz CT molecular complexity index is 1490. The molecule has 1 aliphatic rings. The van der Waals surface area contributed by atoms with E-state index in [1.165, 1.54) is 55.9 Å². The van der Waals surface area contributed by atoms with Gasteiger partial charge in [-0.05, 0) is 68.8 Å². The van der Waals surface area contributed by atoms with Crippen LogP contribution in [0.25, 0.3) is 33.4 Å². The zero-order valence-electron chi connectivity index (χ0n) is 20.5. The highest BCUT2D eigenvalue weighted by Gasteiger charge is 2.35. The van der Waals surface area contributed by atoms with Gasteiger partial charge in [0.1, 0.15) is 0 Å². The summed E-state index contributed by atoms with van der Waals surface area (Å²) in [5, 5.41) is 0. The molecular formula is C34H29N. The van der Waals surface area contributed by atoms with Gasteiger partial charge in [0.15, 0.2) is 0 Å². The summed E-state index contributed by atoms with van der Waals surface area (Å²) in [6.07, 6.45) is 0. The van der Waals surface area contributed by atoms with Crippen LogP contribution in [-0.4, -0.2) is 7.05 Å². The second-order valence-electron chi connectivity index (χ2n) is 9.95. The fourth-order valence-electron chi connectivity index (χ4n) is 5.41. The quantitative estimate of drug-likeness (QED) is 0.263. The predicted molar refractivity (Wildman–Crippen MR) is 149 cm³/mol. The van der Waals surface area contributed by atoms with Gasteiger partial charge in [-0.2, -0.15) is 0 Å². The van der Waals surface area contributed by atoms with Gasteiger partial charge in [0.05, 0.1) is 0 Å². The van der Waals surface area contributed by atoms with Crippen molar-refractivity contribution < 1.29 is 0 Å². The van der Waals surface area contributed by atoms with Crippen LogP contribution in [-0.2, 0) is 5.41 Å². The maximum atomic E-state index is 2.37. The van der Waals surface area contributed by atoms with E-state index in [0.717, 1.165) is 0 Å². The number of nitrogens with zero attached hydrogens (tertiary/aromatic N) is 1. The van der Waals surface area contributed by atoms with Gasteiger partial charge in [-0.25, -0.2) is 0 Å². The molecule has 0 bridgehead atoms. The molecule has 170 valence electrons. The Hall–Kier alpha value is -4.10. The number of hydrogen-bond donors (Lipinski definition) is 0. The molecule has 0 aromatic heterocycles. The van der Waals surface area contributed by atoms with Crippen molar-refractivity contribution in [2.75, 3.05) is 11.9 Å². The number of rotatable bonds is 4. The third kappa shape index (κ3) is 3.65. The summed E-state index contributed by atoms with van der Waals surface area (Å²) in [5.74, 6) is 0. The SMILES string of the molecule is CN(c1ccc(-c2ccc(-c3ccccc3)cc2)cc1)c1ccc2c(c1)C(C)(C)c1ccccc1-2. The molecule has 0 spiro atoms. The van der Waals surface area contributed by atoms with Gasteiger partial charge >= 0.3 is 0 Å². The highest BCUT2D eigenvalue weighted by Crippen LogP contribution is 2.49. The monoisotopic (exact) mass is 451 g/mol. The first-order chi connectivity index (χ1) is 17.0. The zero-order valence-corrected chi connectivity index (χ0v) is 20.5. The molecule has 6 rings (SSSR count). The average molecular weight is 452 g/mol. The maximum Gasteiger partial charge on any atom is 0.0411 e. The summed E-state index contributed by atoms with van der Waals surface area (Å²) in [7, 11) is 2.15. The van der Waals surface area contributed by atoms with Crippen LogP contribution in [0.1, 0.15) is 25.0 Å². The number of hydrogen-bond acceptors (Lipinski definition) is 1. The van der Waals surface area contributed by atoms with Gasteiger partial charge in [0.2, 0.25) is 0 Å². The highest BCUT2D eigenvalue weighted by atomic mass is 15.1. The molecule has 5 aromatic carbocycles. The molecule has 0 N–H and O–H groups in total. The van der Waals surface area contributed by atoms with Crippen molar-refractivity contribution in [3.63, 3.8) is 0 Å². The fraction of sp³-hybridized carbons (Fsp3) is 0.118. The third-order valence-corrected chi connectivity index (χ3v) is 7.53. The number of fused-ring (bicyclic) bond motifs is 3. The van der Waals surface area contributed by atoms with Crippen LogP contribution < -0.4 is 4.90 Å². The zero-order chi connectivity index (χ0) is 24.0. The van der Waals surface area contributed by atoms with Gasteiger partial charge in [0, 0.05) is 23.8 Å². The van der Waals surface area contributed by atoms with Crippen LogP contribution in [0, 0.1) is 0 Å². The van der Waals surface area contributed by atoms with Gasteiger partial charge < -0.3 is 4.90 Å². The Labute approximate surface area is 208 Å². The van der Waals surface area contributed by atoms with Crippen molar-refractivity contribution in [1.29, 1.82) is 0 Å². The van der Waals surface area contributed by atoms with E-state index >= 15 is 0 Å². The molecule has 0 atom stereocenters. The molecule has 0 fully saturated rings. The Morgan fingerprint density at radius 3 is 1.60 bits per heavy atom. The molecule has 1 heteroatoms. The number of anilines is 2. The lowest BCUT2D eigenvalue weighted by Gasteiger charge is -2.25. The molecule has 0 radical (unpaired) electrons. The van der Waals surface area contributed by atoms with Crippen molar-refractivity contribution in [1.82, 2.24) is 0 Å². The van der Waals surface area contributed by atoms with E-state index in [0.29, 0.717) is 0 Å². The topological polar surface area (TPSA) is 3.24 Å². The summed E-state index contributed by atoms with van der Waals surface area (Å²) in [6, 6.07) is 43.9. The first-order valence-electron chi connectivity index (χ1n) is 12.3. The van der Waals surface area contributed by atoms with E-state index in [1.807, 2.05) is 0 Å². The lowest BCUT2D eigenvalue weighted by atomic mass is 9.82. The minimum Gasteiger partial charge on any atom is -0.345 e. The van der Waals surface area contributed by atoms with Crippen LogP contribution in [0.2, 0.25) is 0 Å². The summed E-state index contributed by atoms with van der Waals surface area (Å²) in [4.78, 5) is 2.28. The lowest BCUT2D eigenvalue weighted by molar-refractivity contribution is 0.660. The van der Waals surface area contributed by atoms with Crippen LogP contribution in [0.4, 0.5) is 11.4 Å². The summed E-state index contributed by atoms with van der Waals surface area (Å²) < 4.78 is 0. The van der Waals surface area contributed by atoms with Gasteiger partial charge in [-0.3, -0.25) is 0 Å².